The molecule has 100 valence electrons. The van der Waals surface area contributed by atoms with Gasteiger partial charge >= 0.3 is 0 Å². The normalized spacial score (nSPS) is 23.9. The summed E-state index contributed by atoms with van der Waals surface area (Å²) in [7, 11) is 0. The van der Waals surface area contributed by atoms with Crippen molar-refractivity contribution >= 4 is 11.4 Å². The van der Waals surface area contributed by atoms with Crippen LogP contribution in [0.2, 0.25) is 0 Å². The maximum absolute atomic E-state index is 12.9. The largest absolute Gasteiger partial charge is 0.397 e. The summed E-state index contributed by atoms with van der Waals surface area (Å²) in [6.07, 6.45) is 4.67. The molecule has 1 aromatic rings. The van der Waals surface area contributed by atoms with E-state index in [-0.39, 0.29) is 12.4 Å². The number of halogens is 1. The number of aliphatic hydroxyl groups excluding tert-OH is 1. The van der Waals surface area contributed by atoms with Gasteiger partial charge in [0, 0.05) is 13.2 Å². The van der Waals surface area contributed by atoms with E-state index in [1.807, 2.05) is 0 Å². The first-order valence-corrected chi connectivity index (χ1v) is 6.60. The van der Waals surface area contributed by atoms with E-state index < -0.39 is 0 Å². The fourth-order valence-corrected chi connectivity index (χ4v) is 2.73. The van der Waals surface area contributed by atoms with Crippen molar-refractivity contribution in [1.82, 2.24) is 0 Å². The summed E-state index contributed by atoms with van der Waals surface area (Å²) in [5, 5.41) is 12.6. The highest BCUT2D eigenvalue weighted by atomic mass is 19.1. The van der Waals surface area contributed by atoms with Gasteiger partial charge in [0.15, 0.2) is 0 Å². The number of hydrogen-bond acceptors (Lipinski definition) is 3. The van der Waals surface area contributed by atoms with Gasteiger partial charge in [-0.2, -0.15) is 0 Å². The maximum Gasteiger partial charge on any atom is 0.125 e. The lowest BCUT2D eigenvalue weighted by molar-refractivity contribution is 0.141. The average molecular weight is 252 g/mol. The van der Waals surface area contributed by atoms with E-state index in [1.165, 1.54) is 25.0 Å². The van der Waals surface area contributed by atoms with Crippen molar-refractivity contribution in [3.8, 4) is 0 Å². The van der Waals surface area contributed by atoms with Crippen molar-refractivity contribution in [2.75, 3.05) is 24.2 Å². The van der Waals surface area contributed by atoms with Crippen molar-refractivity contribution in [3.63, 3.8) is 0 Å². The summed E-state index contributed by atoms with van der Waals surface area (Å²) in [6, 6.07) is 4.40. The summed E-state index contributed by atoms with van der Waals surface area (Å²) >= 11 is 0. The van der Waals surface area contributed by atoms with Crippen LogP contribution in [-0.2, 0) is 0 Å². The number of aliphatic hydroxyl groups is 1. The molecule has 0 radical (unpaired) electrons. The molecule has 4 heteroatoms. The molecule has 1 saturated carbocycles. The molecule has 18 heavy (non-hydrogen) atoms. The van der Waals surface area contributed by atoms with Crippen LogP contribution in [0, 0.1) is 17.7 Å². The van der Waals surface area contributed by atoms with Crippen molar-refractivity contribution in [2.24, 2.45) is 11.8 Å². The highest BCUT2D eigenvalue weighted by molar-refractivity contribution is 5.65. The first-order chi connectivity index (χ1) is 8.70. The Balaban J connectivity index is 1.93. The van der Waals surface area contributed by atoms with Gasteiger partial charge in [-0.05, 0) is 42.9 Å². The van der Waals surface area contributed by atoms with Crippen LogP contribution >= 0.6 is 0 Å². The van der Waals surface area contributed by atoms with Gasteiger partial charge in [0.2, 0.25) is 0 Å². The molecule has 0 saturated heterocycles. The van der Waals surface area contributed by atoms with Gasteiger partial charge in [0.25, 0.3) is 0 Å². The number of hydrogen-bond donors (Lipinski definition) is 3. The van der Waals surface area contributed by atoms with E-state index in [0.29, 0.717) is 17.5 Å². The van der Waals surface area contributed by atoms with Crippen LogP contribution in [0.5, 0.6) is 0 Å². The third-order valence-corrected chi connectivity index (χ3v) is 3.87. The second kappa shape index (κ2) is 6.05. The van der Waals surface area contributed by atoms with E-state index in [2.05, 4.69) is 5.32 Å². The first kappa shape index (κ1) is 13.1. The Labute approximate surface area is 107 Å². The summed E-state index contributed by atoms with van der Waals surface area (Å²) in [5.74, 6) is 0.546. The number of benzene rings is 1. The minimum absolute atomic E-state index is 0.255. The molecule has 1 aliphatic carbocycles. The Bertz CT molecular complexity index is 397. The number of nitrogens with two attached hydrogens (primary N) is 1. The Hall–Kier alpha value is -1.29. The third-order valence-electron chi connectivity index (χ3n) is 3.87. The summed E-state index contributed by atoms with van der Waals surface area (Å²) in [5.41, 5.74) is 6.97. The van der Waals surface area contributed by atoms with Gasteiger partial charge in [-0.3, -0.25) is 0 Å². The molecular weight excluding hydrogens is 231 g/mol. The van der Waals surface area contributed by atoms with E-state index in [1.54, 1.807) is 6.07 Å². The SMILES string of the molecule is Nc1cc(F)ccc1NCC1CCCCC1CO. The second-order valence-electron chi connectivity index (χ2n) is 5.10. The minimum atomic E-state index is -0.316. The number of nitrogen functional groups attached to an aromatic ring is 1. The lowest BCUT2D eigenvalue weighted by Gasteiger charge is -2.30. The Kier molecular flexibility index (Phi) is 4.42. The summed E-state index contributed by atoms with van der Waals surface area (Å²) < 4.78 is 12.9. The zero-order valence-electron chi connectivity index (χ0n) is 10.5. The van der Waals surface area contributed by atoms with E-state index in [0.717, 1.165) is 25.1 Å². The van der Waals surface area contributed by atoms with Crippen molar-refractivity contribution in [3.05, 3.63) is 24.0 Å². The number of nitrogens with one attached hydrogen (secondary N) is 1. The van der Waals surface area contributed by atoms with Crippen LogP contribution in [0.1, 0.15) is 25.7 Å². The molecule has 4 N–H and O–H groups in total. The minimum Gasteiger partial charge on any atom is -0.397 e. The van der Waals surface area contributed by atoms with Crippen LogP contribution in [0.15, 0.2) is 18.2 Å². The highest BCUT2D eigenvalue weighted by Gasteiger charge is 2.24. The molecule has 1 fully saturated rings. The van der Waals surface area contributed by atoms with Crippen LogP contribution in [-0.4, -0.2) is 18.3 Å². The van der Waals surface area contributed by atoms with Crippen LogP contribution in [0.4, 0.5) is 15.8 Å². The van der Waals surface area contributed by atoms with Gasteiger partial charge in [-0.15, -0.1) is 0 Å². The molecule has 2 rings (SSSR count). The lowest BCUT2D eigenvalue weighted by Crippen LogP contribution is -2.28. The van der Waals surface area contributed by atoms with Crippen molar-refractivity contribution < 1.29 is 9.50 Å². The van der Waals surface area contributed by atoms with Gasteiger partial charge < -0.3 is 16.2 Å². The smallest absolute Gasteiger partial charge is 0.125 e. The second-order valence-corrected chi connectivity index (χ2v) is 5.10. The molecule has 1 aromatic carbocycles. The fraction of sp³-hybridized carbons (Fsp3) is 0.571. The Morgan fingerprint density at radius 2 is 2.00 bits per heavy atom. The third kappa shape index (κ3) is 3.13. The topological polar surface area (TPSA) is 58.3 Å². The first-order valence-electron chi connectivity index (χ1n) is 6.60. The predicted molar refractivity (Wildman–Crippen MR) is 71.8 cm³/mol. The van der Waals surface area contributed by atoms with Gasteiger partial charge in [-0.1, -0.05) is 12.8 Å². The van der Waals surface area contributed by atoms with Gasteiger partial charge in [-0.25, -0.2) is 4.39 Å². The molecule has 0 bridgehead atoms. The van der Waals surface area contributed by atoms with E-state index >= 15 is 0 Å². The highest BCUT2D eigenvalue weighted by Crippen LogP contribution is 2.30. The van der Waals surface area contributed by atoms with Crippen LogP contribution in [0.25, 0.3) is 0 Å². The summed E-state index contributed by atoms with van der Waals surface area (Å²) in [6.45, 7) is 1.05. The monoisotopic (exact) mass is 252 g/mol. The van der Waals surface area contributed by atoms with E-state index in [4.69, 9.17) is 5.73 Å². The van der Waals surface area contributed by atoms with Crippen LogP contribution in [0.3, 0.4) is 0 Å². The van der Waals surface area contributed by atoms with Gasteiger partial charge in [0.1, 0.15) is 5.82 Å². The lowest BCUT2D eigenvalue weighted by atomic mass is 9.79. The van der Waals surface area contributed by atoms with E-state index in [9.17, 15) is 9.50 Å². The molecule has 0 aliphatic heterocycles. The molecule has 0 heterocycles. The number of anilines is 2. The standard InChI is InChI=1S/C14H21FN2O/c15-12-5-6-14(13(16)7-12)17-8-10-3-1-2-4-11(10)9-18/h5-7,10-11,17-18H,1-4,8-9,16H2. The van der Waals surface area contributed by atoms with Crippen molar-refractivity contribution in [2.45, 2.75) is 25.7 Å². The molecule has 2 atom stereocenters. The fourth-order valence-electron chi connectivity index (χ4n) is 2.73. The average Bonchev–Trinajstić information content (AvgIpc) is 2.38. The molecule has 3 nitrogen and oxygen atoms in total. The molecule has 0 aromatic heterocycles. The Morgan fingerprint density at radius 3 is 2.67 bits per heavy atom. The quantitative estimate of drug-likeness (QED) is 0.722. The molecule has 0 spiro atoms. The molecule has 2 unspecified atom stereocenters. The predicted octanol–water partition coefficient (Wildman–Crippen LogP) is 2.62. The number of rotatable bonds is 4. The van der Waals surface area contributed by atoms with Gasteiger partial charge in [0.05, 0.1) is 11.4 Å². The molecule has 1 aliphatic rings. The zero-order chi connectivity index (χ0) is 13.0. The Morgan fingerprint density at radius 1 is 1.28 bits per heavy atom. The summed E-state index contributed by atoms with van der Waals surface area (Å²) in [4.78, 5) is 0. The maximum atomic E-state index is 12.9. The van der Waals surface area contributed by atoms with Crippen LogP contribution < -0.4 is 11.1 Å². The molecule has 0 amide bonds. The zero-order valence-corrected chi connectivity index (χ0v) is 10.5. The molecular formula is C14H21FN2O. The van der Waals surface area contributed by atoms with Crippen molar-refractivity contribution in [1.29, 1.82) is 0 Å².